The number of carbonyl (C=O) groups is 1. The molecule has 1 aromatic heterocycles. The molecule has 1 saturated heterocycles. The Kier molecular flexibility index (Phi) is 4.40. The van der Waals surface area contributed by atoms with E-state index in [9.17, 15) is 10.1 Å². The van der Waals surface area contributed by atoms with Crippen molar-refractivity contribution in [2.75, 3.05) is 37.9 Å². The molecule has 6 nitrogen and oxygen atoms in total. The van der Waals surface area contributed by atoms with Gasteiger partial charge in [0, 0.05) is 27.2 Å². The Bertz CT molecular complexity index is 593. The van der Waals surface area contributed by atoms with Gasteiger partial charge in [-0.3, -0.25) is 4.79 Å². The first-order chi connectivity index (χ1) is 9.95. The fourth-order valence-electron chi connectivity index (χ4n) is 2.59. The van der Waals surface area contributed by atoms with E-state index >= 15 is 0 Å². The molecule has 1 fully saturated rings. The van der Waals surface area contributed by atoms with Crippen LogP contribution in [0.25, 0.3) is 0 Å². The minimum atomic E-state index is -0.258. The van der Waals surface area contributed by atoms with Crippen molar-refractivity contribution in [2.45, 2.75) is 25.4 Å². The van der Waals surface area contributed by atoms with E-state index in [1.165, 1.54) is 11.3 Å². The Labute approximate surface area is 128 Å². The van der Waals surface area contributed by atoms with E-state index in [-0.39, 0.29) is 17.2 Å². The van der Waals surface area contributed by atoms with Gasteiger partial charge in [0.25, 0.3) is 5.91 Å². The number of thiophene rings is 1. The number of nitrogens with zero attached hydrogens (tertiary/aromatic N) is 2. The molecule has 0 aromatic carbocycles. The van der Waals surface area contributed by atoms with Gasteiger partial charge in [-0.05, 0) is 19.8 Å². The zero-order valence-corrected chi connectivity index (χ0v) is 13.3. The number of anilines is 2. The van der Waals surface area contributed by atoms with Crippen LogP contribution in [0.1, 0.15) is 35.0 Å². The summed E-state index contributed by atoms with van der Waals surface area (Å²) in [5.74, 6) is -0.258. The summed E-state index contributed by atoms with van der Waals surface area (Å²) in [6.45, 7) is 3.58. The lowest BCUT2D eigenvalue weighted by molar-refractivity contribution is -0.00452. The molecule has 0 radical (unpaired) electrons. The molecule has 2 heterocycles. The highest BCUT2D eigenvalue weighted by Gasteiger charge is 2.34. The number of nitrogens with one attached hydrogen (secondary N) is 1. The number of methoxy groups -OCH3 is 1. The quantitative estimate of drug-likeness (QED) is 0.884. The number of hydrogen-bond acceptors (Lipinski definition) is 6. The zero-order chi connectivity index (χ0) is 15.6. The molecule has 1 aromatic rings. The van der Waals surface area contributed by atoms with Crippen molar-refractivity contribution in [1.29, 1.82) is 5.26 Å². The van der Waals surface area contributed by atoms with Gasteiger partial charge in [-0.25, -0.2) is 0 Å². The Morgan fingerprint density at radius 3 is 2.90 bits per heavy atom. The summed E-state index contributed by atoms with van der Waals surface area (Å²) in [5, 5.41) is 12.7. The highest BCUT2D eigenvalue weighted by Crippen LogP contribution is 2.40. The summed E-state index contributed by atoms with van der Waals surface area (Å²) in [4.78, 5) is 14.3. The third-order valence-corrected chi connectivity index (χ3v) is 5.18. The summed E-state index contributed by atoms with van der Waals surface area (Å²) >= 11 is 1.27. The van der Waals surface area contributed by atoms with Gasteiger partial charge in [0.15, 0.2) is 0 Å². The second kappa shape index (κ2) is 5.92. The van der Waals surface area contributed by atoms with Gasteiger partial charge in [-0.1, -0.05) is 0 Å². The van der Waals surface area contributed by atoms with Crippen LogP contribution in [0.4, 0.5) is 10.7 Å². The average molecular weight is 308 g/mol. The Morgan fingerprint density at radius 2 is 2.33 bits per heavy atom. The van der Waals surface area contributed by atoms with Crippen LogP contribution in [0.5, 0.6) is 0 Å². The van der Waals surface area contributed by atoms with Crippen LogP contribution in [-0.4, -0.2) is 38.8 Å². The van der Waals surface area contributed by atoms with Crippen LogP contribution < -0.4 is 16.0 Å². The molecule has 3 N–H and O–H groups in total. The molecule has 1 aliphatic heterocycles. The van der Waals surface area contributed by atoms with E-state index in [0.717, 1.165) is 24.4 Å². The molecule has 1 atom stereocenters. The second-order valence-corrected chi connectivity index (χ2v) is 6.39. The number of ether oxygens (including phenoxy) is 1. The van der Waals surface area contributed by atoms with E-state index in [0.29, 0.717) is 17.0 Å². The van der Waals surface area contributed by atoms with E-state index in [4.69, 9.17) is 10.5 Å². The monoisotopic (exact) mass is 308 g/mol. The molecule has 21 heavy (non-hydrogen) atoms. The molecule has 1 aliphatic rings. The third kappa shape index (κ3) is 2.82. The molecular formula is C14H20N4O2S. The first-order valence-electron chi connectivity index (χ1n) is 6.80. The minimum Gasteiger partial charge on any atom is -0.396 e. The first-order valence-corrected chi connectivity index (χ1v) is 7.62. The zero-order valence-electron chi connectivity index (χ0n) is 12.5. The smallest absolute Gasteiger partial charge is 0.263 e. The number of amides is 1. The maximum atomic E-state index is 11.8. The predicted octanol–water partition coefficient (Wildman–Crippen LogP) is 1.57. The molecule has 114 valence electrons. The van der Waals surface area contributed by atoms with Gasteiger partial charge in [-0.15, -0.1) is 11.3 Å². The van der Waals surface area contributed by atoms with E-state index in [1.807, 2.05) is 0 Å². The summed E-state index contributed by atoms with van der Waals surface area (Å²) in [6, 6.07) is 2.13. The summed E-state index contributed by atoms with van der Waals surface area (Å²) in [6.07, 6.45) is 1.95. The summed E-state index contributed by atoms with van der Waals surface area (Å²) < 4.78 is 5.58. The van der Waals surface area contributed by atoms with Crippen molar-refractivity contribution in [2.24, 2.45) is 0 Å². The third-order valence-electron chi connectivity index (χ3n) is 3.91. The maximum absolute atomic E-state index is 11.8. The lowest BCUT2D eigenvalue weighted by Gasteiger charge is -2.40. The van der Waals surface area contributed by atoms with Crippen molar-refractivity contribution >= 4 is 27.9 Å². The van der Waals surface area contributed by atoms with E-state index in [2.05, 4.69) is 23.2 Å². The number of hydrogen-bond donors (Lipinski definition) is 2. The topological polar surface area (TPSA) is 91.4 Å². The number of rotatable bonds is 3. The van der Waals surface area contributed by atoms with E-state index in [1.54, 1.807) is 14.2 Å². The largest absolute Gasteiger partial charge is 0.396 e. The lowest BCUT2D eigenvalue weighted by Crippen LogP contribution is -2.47. The predicted molar refractivity (Wildman–Crippen MR) is 83.7 cm³/mol. The van der Waals surface area contributed by atoms with Gasteiger partial charge >= 0.3 is 0 Å². The Hall–Kier alpha value is -1.78. The Morgan fingerprint density at radius 1 is 1.62 bits per heavy atom. The lowest BCUT2D eigenvalue weighted by atomic mass is 9.95. The first kappa shape index (κ1) is 15.6. The van der Waals surface area contributed by atoms with Gasteiger partial charge < -0.3 is 20.7 Å². The normalized spacial score (nSPS) is 21.9. The molecule has 0 spiro atoms. The highest BCUT2D eigenvalue weighted by atomic mass is 32.1. The molecule has 1 amide bonds. The fourth-order valence-corrected chi connectivity index (χ4v) is 3.73. The average Bonchev–Trinajstić information content (AvgIpc) is 2.83. The van der Waals surface area contributed by atoms with Crippen LogP contribution in [0, 0.1) is 11.3 Å². The number of nitriles is 1. The van der Waals surface area contributed by atoms with Crippen molar-refractivity contribution in [3.8, 4) is 6.07 Å². The van der Waals surface area contributed by atoms with Crippen LogP contribution >= 0.6 is 11.3 Å². The van der Waals surface area contributed by atoms with Gasteiger partial charge in [0.1, 0.15) is 21.5 Å². The van der Waals surface area contributed by atoms with Gasteiger partial charge in [-0.2, -0.15) is 5.26 Å². The number of nitrogens with two attached hydrogens (primary N) is 1. The van der Waals surface area contributed by atoms with Crippen LogP contribution in [-0.2, 0) is 4.74 Å². The number of carbonyl (C=O) groups excluding carboxylic acids is 1. The highest BCUT2D eigenvalue weighted by molar-refractivity contribution is 7.19. The molecule has 7 heteroatoms. The number of piperidine rings is 1. The van der Waals surface area contributed by atoms with Crippen LogP contribution in [0.2, 0.25) is 0 Å². The van der Waals surface area contributed by atoms with Crippen molar-refractivity contribution in [1.82, 2.24) is 5.32 Å². The van der Waals surface area contributed by atoms with Crippen molar-refractivity contribution in [3.05, 3.63) is 10.4 Å². The molecular weight excluding hydrogens is 288 g/mol. The summed E-state index contributed by atoms with van der Waals surface area (Å²) in [7, 11) is 3.25. The molecule has 2 rings (SSSR count). The van der Waals surface area contributed by atoms with Gasteiger partial charge in [0.05, 0.1) is 11.3 Å². The molecule has 0 saturated carbocycles. The van der Waals surface area contributed by atoms with Crippen LogP contribution in [0.3, 0.4) is 0 Å². The molecule has 1 unspecified atom stereocenters. The number of nitrogen functional groups attached to an aromatic ring is 1. The fraction of sp³-hybridized carbons (Fsp3) is 0.571. The molecule has 0 bridgehead atoms. The Balaban J connectivity index is 2.40. The molecule has 0 aliphatic carbocycles. The van der Waals surface area contributed by atoms with Crippen molar-refractivity contribution < 1.29 is 9.53 Å². The van der Waals surface area contributed by atoms with E-state index < -0.39 is 0 Å². The standard InChI is InChI=1S/C14H20N4O2S/c1-14(20-3)5-4-6-18(8-14)13-9(7-15)10(16)11(21-13)12(19)17-2/h4-6,8,16H2,1-3H3,(H,17,19). The SMILES string of the molecule is CNC(=O)c1sc(N2CCCC(C)(OC)C2)c(C#N)c1N. The van der Waals surface area contributed by atoms with Crippen molar-refractivity contribution in [3.63, 3.8) is 0 Å². The summed E-state index contributed by atoms with van der Waals surface area (Å²) in [5.41, 5.74) is 6.38. The minimum absolute atomic E-state index is 0.239. The van der Waals surface area contributed by atoms with Crippen LogP contribution in [0.15, 0.2) is 0 Å². The second-order valence-electron chi connectivity index (χ2n) is 5.40. The van der Waals surface area contributed by atoms with Gasteiger partial charge in [0.2, 0.25) is 0 Å². The maximum Gasteiger partial charge on any atom is 0.263 e.